The van der Waals surface area contributed by atoms with E-state index in [9.17, 15) is 4.79 Å². The van der Waals surface area contributed by atoms with E-state index >= 15 is 0 Å². The SMILES string of the molecule is COC(=O)[C@@H](C)I. The van der Waals surface area contributed by atoms with Gasteiger partial charge in [0.05, 0.1) is 7.11 Å². The van der Waals surface area contributed by atoms with E-state index in [4.69, 9.17) is 0 Å². The van der Waals surface area contributed by atoms with E-state index in [0.717, 1.165) is 0 Å². The summed E-state index contributed by atoms with van der Waals surface area (Å²) in [5.41, 5.74) is 0. The van der Waals surface area contributed by atoms with Gasteiger partial charge in [-0.25, -0.2) is 0 Å². The van der Waals surface area contributed by atoms with Crippen molar-refractivity contribution < 1.29 is 9.53 Å². The van der Waals surface area contributed by atoms with Crippen molar-refractivity contribution in [3.05, 3.63) is 0 Å². The molecule has 0 amide bonds. The molecule has 42 valence electrons. The zero-order valence-electron chi connectivity index (χ0n) is 4.27. The highest BCUT2D eigenvalue weighted by Gasteiger charge is 2.05. The van der Waals surface area contributed by atoms with Crippen molar-refractivity contribution >= 4 is 28.6 Å². The van der Waals surface area contributed by atoms with Gasteiger partial charge >= 0.3 is 5.97 Å². The van der Waals surface area contributed by atoms with E-state index in [-0.39, 0.29) is 9.89 Å². The molecule has 0 aromatic rings. The van der Waals surface area contributed by atoms with E-state index in [1.165, 1.54) is 7.11 Å². The molecule has 0 aliphatic rings. The number of carbonyl (C=O) groups excluding carboxylic acids is 1. The summed E-state index contributed by atoms with van der Waals surface area (Å²) in [5, 5.41) is 0. The lowest BCUT2D eigenvalue weighted by molar-refractivity contribution is -0.139. The van der Waals surface area contributed by atoms with E-state index < -0.39 is 0 Å². The molecule has 0 aromatic carbocycles. The van der Waals surface area contributed by atoms with Crippen LogP contribution in [-0.4, -0.2) is 17.0 Å². The fourth-order valence-electron chi connectivity index (χ4n) is 0.162. The molecule has 0 rings (SSSR count). The van der Waals surface area contributed by atoms with Gasteiger partial charge in [0.2, 0.25) is 0 Å². The summed E-state index contributed by atoms with van der Waals surface area (Å²) in [6, 6.07) is 0. The van der Waals surface area contributed by atoms with E-state index in [1.54, 1.807) is 6.92 Å². The quantitative estimate of drug-likeness (QED) is 0.369. The molecule has 0 bridgehead atoms. The summed E-state index contributed by atoms with van der Waals surface area (Å²) in [6.45, 7) is 1.78. The Hall–Kier alpha value is 0.200. The van der Waals surface area contributed by atoms with Crippen molar-refractivity contribution in [3.63, 3.8) is 0 Å². The predicted octanol–water partition coefficient (Wildman–Crippen LogP) is 0.983. The summed E-state index contributed by atoms with van der Waals surface area (Å²) in [7, 11) is 1.39. The number of alkyl halides is 1. The predicted molar refractivity (Wildman–Crippen MR) is 35.5 cm³/mol. The van der Waals surface area contributed by atoms with Crippen molar-refractivity contribution in [1.82, 2.24) is 0 Å². The minimum Gasteiger partial charge on any atom is -0.468 e. The number of hydrogen-bond acceptors (Lipinski definition) is 2. The van der Waals surface area contributed by atoms with E-state index in [1.807, 2.05) is 22.6 Å². The highest BCUT2D eigenvalue weighted by molar-refractivity contribution is 14.1. The van der Waals surface area contributed by atoms with Gasteiger partial charge in [-0.3, -0.25) is 4.79 Å². The molecule has 2 nitrogen and oxygen atoms in total. The zero-order chi connectivity index (χ0) is 5.86. The molecule has 0 aliphatic carbocycles. The molecule has 0 aliphatic heterocycles. The Morgan fingerprint density at radius 2 is 2.29 bits per heavy atom. The summed E-state index contributed by atoms with van der Waals surface area (Å²) >= 11 is 1.99. The number of halogens is 1. The molecule has 0 N–H and O–H groups in total. The Bertz CT molecular complexity index is 70.1. The van der Waals surface area contributed by atoms with Crippen LogP contribution in [0.3, 0.4) is 0 Å². The van der Waals surface area contributed by atoms with Gasteiger partial charge in [-0.1, -0.05) is 22.6 Å². The van der Waals surface area contributed by atoms with Crippen LogP contribution in [0.4, 0.5) is 0 Å². The van der Waals surface area contributed by atoms with Gasteiger partial charge in [0.1, 0.15) is 3.92 Å². The van der Waals surface area contributed by atoms with E-state index in [0.29, 0.717) is 0 Å². The molecule has 0 spiro atoms. The molecule has 0 unspecified atom stereocenters. The van der Waals surface area contributed by atoms with Gasteiger partial charge in [0.25, 0.3) is 0 Å². The Labute approximate surface area is 56.4 Å². The molecule has 1 atom stereocenters. The summed E-state index contributed by atoms with van der Waals surface area (Å²) in [5.74, 6) is -0.166. The molecule has 0 fully saturated rings. The smallest absolute Gasteiger partial charge is 0.318 e. The Morgan fingerprint density at radius 3 is 2.29 bits per heavy atom. The average molecular weight is 214 g/mol. The second-order valence-electron chi connectivity index (χ2n) is 1.14. The Kier molecular flexibility index (Phi) is 3.33. The van der Waals surface area contributed by atoms with Crippen LogP contribution in [0.2, 0.25) is 0 Å². The molecule has 0 saturated heterocycles. The number of ether oxygens (including phenoxy) is 1. The topological polar surface area (TPSA) is 26.3 Å². The van der Waals surface area contributed by atoms with Crippen molar-refractivity contribution in [1.29, 1.82) is 0 Å². The van der Waals surface area contributed by atoms with Gasteiger partial charge in [0.15, 0.2) is 0 Å². The molecule has 0 radical (unpaired) electrons. The largest absolute Gasteiger partial charge is 0.468 e. The van der Waals surface area contributed by atoms with Gasteiger partial charge in [-0.2, -0.15) is 0 Å². The first-order valence-corrected chi connectivity index (χ1v) is 3.15. The van der Waals surface area contributed by atoms with E-state index in [2.05, 4.69) is 4.74 Å². The normalized spacial score (nSPS) is 13.0. The monoisotopic (exact) mass is 214 g/mol. The van der Waals surface area contributed by atoms with Crippen molar-refractivity contribution in [2.45, 2.75) is 10.8 Å². The van der Waals surface area contributed by atoms with Crippen molar-refractivity contribution in [2.24, 2.45) is 0 Å². The standard InChI is InChI=1S/C4H7IO2/c1-3(5)4(6)7-2/h3H,1-2H3/t3-/m1/s1. The van der Waals surface area contributed by atoms with Gasteiger partial charge in [0, 0.05) is 0 Å². The van der Waals surface area contributed by atoms with Crippen LogP contribution in [0, 0.1) is 0 Å². The molecular weight excluding hydrogens is 207 g/mol. The summed E-state index contributed by atoms with van der Waals surface area (Å²) < 4.78 is 4.34. The van der Waals surface area contributed by atoms with Gasteiger partial charge in [-0.15, -0.1) is 0 Å². The molecule has 0 saturated carbocycles. The average Bonchev–Trinajstić information content (AvgIpc) is 1.65. The Morgan fingerprint density at radius 1 is 1.86 bits per heavy atom. The second kappa shape index (κ2) is 3.23. The number of hydrogen-bond donors (Lipinski definition) is 0. The first kappa shape index (κ1) is 7.20. The number of carbonyl (C=O) groups is 1. The second-order valence-corrected chi connectivity index (χ2v) is 3.01. The molecule has 0 heterocycles. The molecule has 0 aromatic heterocycles. The molecule has 3 heteroatoms. The fourth-order valence-corrected chi connectivity index (χ4v) is 0.417. The summed E-state index contributed by atoms with van der Waals surface area (Å²) in [4.78, 5) is 10.3. The van der Waals surface area contributed by atoms with Crippen LogP contribution in [0.25, 0.3) is 0 Å². The van der Waals surface area contributed by atoms with Crippen molar-refractivity contribution in [3.8, 4) is 0 Å². The molecule has 7 heavy (non-hydrogen) atoms. The first-order chi connectivity index (χ1) is 3.18. The maximum atomic E-state index is 10.3. The Balaban J connectivity index is 3.35. The van der Waals surface area contributed by atoms with Gasteiger partial charge < -0.3 is 4.74 Å². The first-order valence-electron chi connectivity index (χ1n) is 1.90. The maximum Gasteiger partial charge on any atom is 0.318 e. The van der Waals surface area contributed by atoms with Crippen LogP contribution < -0.4 is 0 Å². The minimum absolute atomic E-state index is 0.0254. The number of esters is 1. The third-order valence-electron chi connectivity index (χ3n) is 0.526. The van der Waals surface area contributed by atoms with Crippen LogP contribution in [0.1, 0.15) is 6.92 Å². The van der Waals surface area contributed by atoms with Gasteiger partial charge in [-0.05, 0) is 6.92 Å². The lowest BCUT2D eigenvalue weighted by Gasteiger charge is -1.96. The third kappa shape index (κ3) is 2.85. The zero-order valence-corrected chi connectivity index (χ0v) is 6.43. The highest BCUT2D eigenvalue weighted by Crippen LogP contribution is 1.98. The van der Waals surface area contributed by atoms with Crippen LogP contribution in [0.5, 0.6) is 0 Å². The van der Waals surface area contributed by atoms with Crippen LogP contribution in [0.15, 0.2) is 0 Å². The van der Waals surface area contributed by atoms with Crippen LogP contribution in [-0.2, 0) is 9.53 Å². The fraction of sp³-hybridized carbons (Fsp3) is 0.750. The summed E-state index contributed by atoms with van der Waals surface area (Å²) in [6.07, 6.45) is 0. The maximum absolute atomic E-state index is 10.3. The lowest BCUT2D eigenvalue weighted by Crippen LogP contribution is -2.10. The lowest BCUT2D eigenvalue weighted by atomic mass is 10.5. The molecular formula is C4H7IO2. The highest BCUT2D eigenvalue weighted by atomic mass is 127. The minimum atomic E-state index is -0.166. The van der Waals surface area contributed by atoms with Crippen molar-refractivity contribution in [2.75, 3.05) is 7.11 Å². The van der Waals surface area contributed by atoms with Crippen LogP contribution >= 0.6 is 22.6 Å². The number of rotatable bonds is 1. The third-order valence-corrected chi connectivity index (χ3v) is 1.03. The number of methoxy groups -OCH3 is 1.